The first-order valence-corrected chi connectivity index (χ1v) is 18.1. The van der Waals surface area contributed by atoms with Crippen LogP contribution in [0.25, 0.3) is 101 Å². The number of para-hydroxylation sites is 1. The maximum absolute atomic E-state index is 5.51. The van der Waals surface area contributed by atoms with Crippen LogP contribution in [-0.4, -0.2) is 14.5 Å². The lowest BCUT2D eigenvalue weighted by atomic mass is 10.00. The molecule has 0 fully saturated rings. The molecule has 49 heavy (non-hydrogen) atoms. The predicted molar refractivity (Wildman–Crippen MR) is 211 cm³/mol. The van der Waals surface area contributed by atoms with Crippen molar-refractivity contribution < 1.29 is 0 Å². The summed E-state index contributed by atoms with van der Waals surface area (Å²) in [6, 6.07) is 54.4. The van der Waals surface area contributed by atoms with Crippen LogP contribution >= 0.6 is 22.7 Å². The Hall–Kier alpha value is -5.88. The van der Waals surface area contributed by atoms with Gasteiger partial charge in [0.1, 0.15) is 0 Å². The fraction of sp³-hybridized carbons (Fsp3) is 0. The molecule has 0 bridgehead atoms. The van der Waals surface area contributed by atoms with Gasteiger partial charge in [-0.3, -0.25) is 4.57 Å². The van der Waals surface area contributed by atoms with Gasteiger partial charge in [0.15, 0.2) is 0 Å². The number of fused-ring (bicyclic) bond motifs is 13. The van der Waals surface area contributed by atoms with Gasteiger partial charge < -0.3 is 0 Å². The maximum Gasteiger partial charge on any atom is 0.235 e. The second-order valence-electron chi connectivity index (χ2n) is 12.5. The fourth-order valence-corrected chi connectivity index (χ4v) is 10.1. The number of nitrogens with zero attached hydrogens (tertiary/aromatic N) is 3. The molecule has 0 aliphatic rings. The first-order valence-electron chi connectivity index (χ1n) is 16.4. The minimum Gasteiger partial charge on any atom is -0.277 e. The molecule has 7 aromatic carbocycles. The average molecular weight is 660 g/mol. The quantitative estimate of drug-likeness (QED) is 0.189. The van der Waals surface area contributed by atoms with Gasteiger partial charge in [0.2, 0.25) is 5.95 Å². The summed E-state index contributed by atoms with van der Waals surface area (Å²) in [6.45, 7) is 0. The third-order valence-electron chi connectivity index (χ3n) is 9.82. The van der Waals surface area contributed by atoms with Crippen molar-refractivity contribution in [2.24, 2.45) is 0 Å². The van der Waals surface area contributed by atoms with Crippen molar-refractivity contribution in [1.29, 1.82) is 0 Å². The van der Waals surface area contributed by atoms with Crippen LogP contribution in [0.5, 0.6) is 0 Å². The molecule has 3 nitrogen and oxygen atoms in total. The van der Waals surface area contributed by atoms with Crippen LogP contribution in [0.1, 0.15) is 0 Å². The number of aromatic nitrogens is 3. The van der Waals surface area contributed by atoms with Crippen LogP contribution < -0.4 is 0 Å². The standard InChI is InChI=1S/C44H25N3S2/c1-2-12-26(13-3-1)27-22-24-28(25-23-27)39-43-40(33-18-8-11-21-36(33)49-43)46-44(45-39)47-34-19-9-6-16-31(34)37-38-32-17-7-10-20-35(32)48-42(38)30-15-5-4-14-29(30)41(37)47/h1-25H. The summed E-state index contributed by atoms with van der Waals surface area (Å²) in [4.78, 5) is 11.0. The topological polar surface area (TPSA) is 30.7 Å². The molecule has 0 atom stereocenters. The van der Waals surface area contributed by atoms with Crippen molar-refractivity contribution in [3.63, 3.8) is 0 Å². The van der Waals surface area contributed by atoms with Gasteiger partial charge in [-0.1, -0.05) is 133 Å². The van der Waals surface area contributed by atoms with E-state index in [0.29, 0.717) is 5.95 Å². The van der Waals surface area contributed by atoms with Crippen LogP contribution in [0, 0.1) is 0 Å². The average Bonchev–Trinajstić information content (AvgIpc) is 3.85. The minimum atomic E-state index is 0.688. The van der Waals surface area contributed by atoms with E-state index in [1.54, 1.807) is 11.3 Å². The Kier molecular flexibility index (Phi) is 5.70. The van der Waals surface area contributed by atoms with Gasteiger partial charge in [-0.05, 0) is 29.3 Å². The van der Waals surface area contributed by atoms with Crippen LogP contribution in [0.4, 0.5) is 0 Å². The van der Waals surface area contributed by atoms with E-state index in [2.05, 4.69) is 156 Å². The highest BCUT2D eigenvalue weighted by atomic mass is 32.1. The van der Waals surface area contributed by atoms with Crippen LogP contribution in [0.3, 0.4) is 0 Å². The lowest BCUT2D eigenvalue weighted by Crippen LogP contribution is -2.03. The zero-order chi connectivity index (χ0) is 32.1. The van der Waals surface area contributed by atoms with E-state index in [-0.39, 0.29) is 0 Å². The van der Waals surface area contributed by atoms with Crippen molar-refractivity contribution >= 4 is 95.7 Å². The zero-order valence-electron chi connectivity index (χ0n) is 26.1. The number of rotatable bonds is 3. The van der Waals surface area contributed by atoms with Crippen molar-refractivity contribution in [3.8, 4) is 28.3 Å². The Labute approximate surface area is 289 Å². The first-order chi connectivity index (χ1) is 24.3. The molecule has 4 aromatic heterocycles. The molecule has 0 saturated carbocycles. The summed E-state index contributed by atoms with van der Waals surface area (Å²) in [5.74, 6) is 0.688. The Morgan fingerprint density at radius 2 is 0.980 bits per heavy atom. The van der Waals surface area contributed by atoms with E-state index in [9.17, 15) is 0 Å². The summed E-state index contributed by atoms with van der Waals surface area (Å²) in [6.07, 6.45) is 0. The molecule has 0 aliphatic heterocycles. The molecule has 4 heterocycles. The van der Waals surface area contributed by atoms with Gasteiger partial charge in [-0.2, -0.15) is 0 Å². The Morgan fingerprint density at radius 1 is 0.408 bits per heavy atom. The SMILES string of the molecule is c1ccc(-c2ccc(-c3nc(-n4c5ccccc5c5c6c7ccccc7sc6c6ccccc6c54)nc4c3sc3ccccc34)cc2)cc1. The fourth-order valence-electron chi connectivity index (χ4n) is 7.65. The van der Waals surface area contributed by atoms with Crippen LogP contribution in [0.15, 0.2) is 152 Å². The lowest BCUT2D eigenvalue weighted by molar-refractivity contribution is 1.02. The van der Waals surface area contributed by atoms with Gasteiger partial charge in [0.25, 0.3) is 0 Å². The summed E-state index contributed by atoms with van der Waals surface area (Å²) >= 11 is 3.66. The molecule has 0 spiro atoms. The second kappa shape index (κ2) is 10.3. The van der Waals surface area contributed by atoms with Crippen molar-refractivity contribution in [2.45, 2.75) is 0 Å². The van der Waals surface area contributed by atoms with Gasteiger partial charge >= 0.3 is 0 Å². The maximum atomic E-state index is 5.51. The number of benzene rings is 7. The third-order valence-corrected chi connectivity index (χ3v) is 12.2. The Morgan fingerprint density at radius 3 is 1.78 bits per heavy atom. The van der Waals surface area contributed by atoms with E-state index >= 15 is 0 Å². The van der Waals surface area contributed by atoms with E-state index in [1.165, 1.54) is 57.5 Å². The molecular weight excluding hydrogens is 635 g/mol. The Bertz CT molecular complexity index is 3090. The molecule has 0 aliphatic carbocycles. The van der Waals surface area contributed by atoms with Crippen molar-refractivity contribution in [3.05, 3.63) is 152 Å². The first kappa shape index (κ1) is 27.1. The van der Waals surface area contributed by atoms with Crippen molar-refractivity contribution in [2.75, 3.05) is 0 Å². The van der Waals surface area contributed by atoms with Gasteiger partial charge in [-0.25, -0.2) is 9.97 Å². The largest absolute Gasteiger partial charge is 0.277 e. The molecule has 0 amide bonds. The lowest BCUT2D eigenvalue weighted by Gasteiger charge is -2.12. The minimum absolute atomic E-state index is 0.688. The molecule has 5 heteroatoms. The van der Waals surface area contributed by atoms with E-state index < -0.39 is 0 Å². The van der Waals surface area contributed by atoms with Crippen molar-refractivity contribution in [1.82, 2.24) is 14.5 Å². The molecule has 11 aromatic rings. The van der Waals surface area contributed by atoms with Gasteiger partial charge in [0, 0.05) is 57.4 Å². The second-order valence-corrected chi connectivity index (χ2v) is 14.6. The van der Waals surface area contributed by atoms with E-state index in [1.807, 2.05) is 11.3 Å². The zero-order valence-corrected chi connectivity index (χ0v) is 27.7. The van der Waals surface area contributed by atoms with E-state index in [4.69, 9.17) is 9.97 Å². The highest BCUT2D eigenvalue weighted by molar-refractivity contribution is 7.27. The van der Waals surface area contributed by atoms with E-state index in [0.717, 1.165) is 37.9 Å². The molecular formula is C44H25N3S2. The summed E-state index contributed by atoms with van der Waals surface area (Å²) in [5, 5.41) is 8.70. The highest BCUT2D eigenvalue weighted by Crippen LogP contribution is 2.48. The highest BCUT2D eigenvalue weighted by Gasteiger charge is 2.24. The van der Waals surface area contributed by atoms with Gasteiger partial charge in [-0.15, -0.1) is 22.7 Å². The smallest absolute Gasteiger partial charge is 0.235 e. The molecule has 0 saturated heterocycles. The summed E-state index contributed by atoms with van der Waals surface area (Å²) < 4.78 is 7.27. The summed E-state index contributed by atoms with van der Waals surface area (Å²) in [5.41, 5.74) is 7.67. The number of hydrogen-bond acceptors (Lipinski definition) is 4. The van der Waals surface area contributed by atoms with Crippen LogP contribution in [0.2, 0.25) is 0 Å². The van der Waals surface area contributed by atoms with Gasteiger partial charge in [0.05, 0.1) is 26.9 Å². The normalized spacial score (nSPS) is 12.1. The third kappa shape index (κ3) is 3.88. The Balaban J connectivity index is 1.29. The monoisotopic (exact) mass is 659 g/mol. The van der Waals surface area contributed by atoms with Crippen LogP contribution in [-0.2, 0) is 0 Å². The molecule has 11 rings (SSSR count). The molecule has 0 radical (unpaired) electrons. The molecule has 0 unspecified atom stereocenters. The predicted octanol–water partition coefficient (Wildman–Crippen LogP) is 12.8. The molecule has 228 valence electrons. The molecule has 0 N–H and O–H groups in total. The summed E-state index contributed by atoms with van der Waals surface area (Å²) in [7, 11) is 0. The number of thiophene rings is 2. The number of hydrogen-bond donors (Lipinski definition) is 0.